The number of anilines is 2. The van der Waals surface area contributed by atoms with Crippen LogP contribution < -0.4 is 20.1 Å². The first-order valence-corrected chi connectivity index (χ1v) is 10.3. The summed E-state index contributed by atoms with van der Waals surface area (Å²) < 4.78 is 28.8. The number of sulfonamides is 1. The third-order valence-electron chi connectivity index (χ3n) is 4.25. The minimum atomic E-state index is -4.05. The molecule has 2 aromatic rings. The maximum atomic E-state index is 12.5. The van der Waals surface area contributed by atoms with E-state index in [1.54, 1.807) is 6.92 Å². The number of rotatable bonds is 6. The molecule has 1 heterocycles. The van der Waals surface area contributed by atoms with Crippen LogP contribution in [0.1, 0.15) is 30.1 Å². The molecule has 29 heavy (non-hydrogen) atoms. The Morgan fingerprint density at radius 1 is 1.10 bits per heavy atom. The Morgan fingerprint density at radius 3 is 2.28 bits per heavy atom. The maximum absolute atomic E-state index is 12.5. The molecule has 0 spiro atoms. The van der Waals surface area contributed by atoms with Crippen molar-refractivity contribution in [2.24, 2.45) is 5.14 Å². The molecule has 1 aliphatic rings. The van der Waals surface area contributed by atoms with E-state index < -0.39 is 15.9 Å². The lowest BCUT2D eigenvalue weighted by atomic mass is 10.1. The Hall–Kier alpha value is -3.24. The number of nitrogens with one attached hydrogen (secondary N) is 1. The fourth-order valence-electron chi connectivity index (χ4n) is 2.91. The van der Waals surface area contributed by atoms with Gasteiger partial charge in [-0.1, -0.05) is 0 Å². The first-order valence-electron chi connectivity index (χ1n) is 8.77. The van der Waals surface area contributed by atoms with Crippen LogP contribution in [0.15, 0.2) is 47.4 Å². The highest BCUT2D eigenvalue weighted by atomic mass is 32.2. The predicted octanol–water partition coefficient (Wildman–Crippen LogP) is 1.64. The normalized spacial score (nSPS) is 14.2. The smallest absolute Gasteiger partial charge is 0.255 e. The number of imide groups is 1. The molecule has 10 heteroatoms. The highest BCUT2D eigenvalue weighted by molar-refractivity contribution is 7.89. The molecule has 3 N–H and O–H groups in total. The number of ether oxygens (including phenoxy) is 1. The van der Waals surface area contributed by atoms with Crippen LogP contribution in [0, 0.1) is 0 Å². The molecule has 0 unspecified atom stereocenters. The third-order valence-corrected chi connectivity index (χ3v) is 5.18. The van der Waals surface area contributed by atoms with Gasteiger partial charge in [0.1, 0.15) is 10.6 Å². The number of amides is 3. The SMILES string of the molecule is CCOc1ccc(NC(=O)c2ccc(N3C(=O)CCC3=O)cc2)cc1S(N)(=O)=O. The molecule has 0 atom stereocenters. The van der Waals surface area contributed by atoms with Gasteiger partial charge in [0.05, 0.1) is 12.3 Å². The molecular formula is C19H19N3O6S. The number of benzene rings is 2. The summed E-state index contributed by atoms with van der Waals surface area (Å²) in [5, 5.41) is 7.80. The van der Waals surface area contributed by atoms with E-state index in [0.717, 1.165) is 4.90 Å². The molecule has 0 saturated carbocycles. The molecule has 1 saturated heterocycles. The van der Waals surface area contributed by atoms with Crippen molar-refractivity contribution >= 4 is 39.1 Å². The summed E-state index contributed by atoms with van der Waals surface area (Å²) in [6.45, 7) is 1.96. The highest BCUT2D eigenvalue weighted by Gasteiger charge is 2.30. The van der Waals surface area contributed by atoms with Gasteiger partial charge in [-0.15, -0.1) is 0 Å². The molecular weight excluding hydrogens is 398 g/mol. The number of hydrogen-bond donors (Lipinski definition) is 2. The summed E-state index contributed by atoms with van der Waals surface area (Å²) >= 11 is 0. The number of primary sulfonamides is 1. The van der Waals surface area contributed by atoms with Crippen LogP contribution >= 0.6 is 0 Å². The van der Waals surface area contributed by atoms with Gasteiger partial charge in [0.2, 0.25) is 21.8 Å². The van der Waals surface area contributed by atoms with E-state index in [0.29, 0.717) is 5.69 Å². The van der Waals surface area contributed by atoms with Gasteiger partial charge < -0.3 is 10.1 Å². The average molecular weight is 417 g/mol. The van der Waals surface area contributed by atoms with Crippen LogP contribution in [-0.4, -0.2) is 32.7 Å². The van der Waals surface area contributed by atoms with Crippen molar-refractivity contribution in [1.29, 1.82) is 0 Å². The Morgan fingerprint density at radius 2 is 1.72 bits per heavy atom. The molecule has 9 nitrogen and oxygen atoms in total. The average Bonchev–Trinajstić information content (AvgIpc) is 3.01. The Bertz CT molecular complexity index is 1060. The maximum Gasteiger partial charge on any atom is 0.255 e. The topological polar surface area (TPSA) is 136 Å². The number of carbonyl (C=O) groups excluding carboxylic acids is 3. The number of nitrogens with two attached hydrogens (primary N) is 1. The minimum Gasteiger partial charge on any atom is -0.492 e. The number of carbonyl (C=O) groups is 3. The summed E-state index contributed by atoms with van der Waals surface area (Å²) in [6.07, 6.45) is 0.344. The molecule has 3 amide bonds. The monoisotopic (exact) mass is 417 g/mol. The lowest BCUT2D eigenvalue weighted by Gasteiger charge is -2.14. The van der Waals surface area contributed by atoms with E-state index in [-0.39, 0.29) is 53.2 Å². The van der Waals surface area contributed by atoms with Gasteiger partial charge in [0.25, 0.3) is 5.91 Å². The van der Waals surface area contributed by atoms with Gasteiger partial charge in [-0.05, 0) is 49.4 Å². The lowest BCUT2D eigenvalue weighted by Crippen LogP contribution is -2.28. The number of nitrogens with zero attached hydrogens (tertiary/aromatic N) is 1. The van der Waals surface area contributed by atoms with Crippen LogP contribution in [0.2, 0.25) is 0 Å². The Balaban J connectivity index is 1.80. The predicted molar refractivity (Wildman–Crippen MR) is 105 cm³/mol. The standard InChI is InChI=1S/C19H19N3O6S/c1-2-28-15-8-5-13(11-16(15)29(20,26)27)21-19(25)12-3-6-14(7-4-12)22-17(23)9-10-18(22)24/h3-8,11H,2,9-10H2,1H3,(H,21,25)(H2,20,26,27). The van der Waals surface area contributed by atoms with Gasteiger partial charge in [0, 0.05) is 24.1 Å². The first-order chi connectivity index (χ1) is 13.7. The Kier molecular flexibility index (Phi) is 5.66. The van der Waals surface area contributed by atoms with E-state index >= 15 is 0 Å². The molecule has 0 radical (unpaired) electrons. The highest BCUT2D eigenvalue weighted by Crippen LogP contribution is 2.27. The zero-order chi connectivity index (χ0) is 21.2. The van der Waals surface area contributed by atoms with Crippen molar-refractivity contribution in [3.8, 4) is 5.75 Å². The van der Waals surface area contributed by atoms with Gasteiger partial charge in [-0.3, -0.25) is 19.3 Å². The van der Waals surface area contributed by atoms with Crippen LogP contribution in [0.3, 0.4) is 0 Å². The quantitative estimate of drug-likeness (QED) is 0.686. The molecule has 1 aliphatic heterocycles. The van der Waals surface area contributed by atoms with Crippen molar-refractivity contribution in [2.45, 2.75) is 24.7 Å². The van der Waals surface area contributed by atoms with Crippen LogP contribution in [0.5, 0.6) is 5.75 Å². The third kappa shape index (κ3) is 4.44. The summed E-state index contributed by atoms with van der Waals surface area (Å²) in [5.41, 5.74) is 0.877. The van der Waals surface area contributed by atoms with Crippen molar-refractivity contribution in [2.75, 3.05) is 16.8 Å². The second-order valence-corrected chi connectivity index (χ2v) is 7.79. The van der Waals surface area contributed by atoms with Crippen molar-refractivity contribution in [1.82, 2.24) is 0 Å². The van der Waals surface area contributed by atoms with E-state index in [1.807, 2.05) is 0 Å². The summed E-state index contributed by atoms with van der Waals surface area (Å²) in [5.74, 6) is -0.966. The second-order valence-electron chi connectivity index (χ2n) is 6.26. The molecule has 0 aliphatic carbocycles. The fraction of sp³-hybridized carbons (Fsp3) is 0.211. The van der Waals surface area contributed by atoms with Gasteiger partial charge >= 0.3 is 0 Å². The number of hydrogen-bond acceptors (Lipinski definition) is 6. The minimum absolute atomic E-state index is 0.0947. The molecule has 0 bridgehead atoms. The summed E-state index contributed by atoms with van der Waals surface area (Å²) in [7, 11) is -4.05. The molecule has 3 rings (SSSR count). The van der Waals surface area contributed by atoms with E-state index in [4.69, 9.17) is 9.88 Å². The van der Waals surface area contributed by atoms with Crippen LogP contribution in [0.4, 0.5) is 11.4 Å². The molecule has 1 fully saturated rings. The van der Waals surface area contributed by atoms with E-state index in [2.05, 4.69) is 5.32 Å². The molecule has 152 valence electrons. The van der Waals surface area contributed by atoms with Gasteiger partial charge in [-0.25, -0.2) is 13.6 Å². The van der Waals surface area contributed by atoms with E-state index in [9.17, 15) is 22.8 Å². The zero-order valence-electron chi connectivity index (χ0n) is 15.5. The largest absolute Gasteiger partial charge is 0.492 e. The first kappa shape index (κ1) is 20.5. The summed E-state index contributed by atoms with van der Waals surface area (Å²) in [4.78, 5) is 36.9. The van der Waals surface area contributed by atoms with Gasteiger partial charge in [0.15, 0.2) is 0 Å². The Labute approximate surface area is 167 Å². The van der Waals surface area contributed by atoms with Gasteiger partial charge in [-0.2, -0.15) is 0 Å². The fourth-order valence-corrected chi connectivity index (χ4v) is 3.61. The molecule has 0 aromatic heterocycles. The summed E-state index contributed by atoms with van der Waals surface area (Å²) in [6, 6.07) is 10.1. The van der Waals surface area contributed by atoms with Crippen LogP contribution in [-0.2, 0) is 19.6 Å². The van der Waals surface area contributed by atoms with Crippen molar-refractivity contribution < 1.29 is 27.5 Å². The van der Waals surface area contributed by atoms with E-state index in [1.165, 1.54) is 42.5 Å². The van der Waals surface area contributed by atoms with Crippen molar-refractivity contribution in [3.05, 3.63) is 48.0 Å². The zero-order valence-corrected chi connectivity index (χ0v) is 16.4. The molecule has 2 aromatic carbocycles. The van der Waals surface area contributed by atoms with Crippen molar-refractivity contribution in [3.63, 3.8) is 0 Å². The lowest BCUT2D eigenvalue weighted by molar-refractivity contribution is -0.121. The van der Waals surface area contributed by atoms with Crippen LogP contribution in [0.25, 0.3) is 0 Å². The second kappa shape index (κ2) is 8.02.